The van der Waals surface area contributed by atoms with E-state index >= 15 is 0 Å². The van der Waals surface area contributed by atoms with Crippen molar-refractivity contribution in [2.75, 3.05) is 6.54 Å². The Morgan fingerprint density at radius 1 is 1.56 bits per heavy atom. The summed E-state index contributed by atoms with van der Waals surface area (Å²) in [5.41, 5.74) is 1.23. The Labute approximate surface area is 98.3 Å². The molecule has 0 fully saturated rings. The minimum atomic E-state index is 0.447. The summed E-state index contributed by atoms with van der Waals surface area (Å²) in [5, 5.41) is 3.62. The lowest BCUT2D eigenvalue weighted by atomic mass is 10.0. The number of nitrogens with one attached hydrogen (secondary N) is 1. The van der Waals surface area contributed by atoms with Crippen molar-refractivity contribution in [2.45, 2.75) is 52.6 Å². The van der Waals surface area contributed by atoms with E-state index in [9.17, 15) is 0 Å². The SMILES string of the molecule is CCc1cn2c(n1)C(CC(C)C)NCCC2. The minimum Gasteiger partial charge on any atom is -0.333 e. The number of imidazole rings is 1. The molecule has 1 aliphatic heterocycles. The lowest BCUT2D eigenvalue weighted by Gasteiger charge is -2.17. The Morgan fingerprint density at radius 2 is 2.38 bits per heavy atom. The molecule has 1 aliphatic rings. The van der Waals surface area contributed by atoms with Gasteiger partial charge >= 0.3 is 0 Å². The highest BCUT2D eigenvalue weighted by molar-refractivity contribution is 5.09. The van der Waals surface area contributed by atoms with Crippen molar-refractivity contribution in [1.82, 2.24) is 14.9 Å². The number of nitrogens with zero attached hydrogens (tertiary/aromatic N) is 2. The van der Waals surface area contributed by atoms with Gasteiger partial charge in [0, 0.05) is 12.7 Å². The van der Waals surface area contributed by atoms with Gasteiger partial charge in [-0.1, -0.05) is 20.8 Å². The van der Waals surface area contributed by atoms with Crippen LogP contribution < -0.4 is 5.32 Å². The van der Waals surface area contributed by atoms with Crippen LogP contribution in [0.5, 0.6) is 0 Å². The fourth-order valence-electron chi connectivity index (χ4n) is 2.39. The predicted molar refractivity (Wildman–Crippen MR) is 66.4 cm³/mol. The Bertz CT molecular complexity index is 341. The third kappa shape index (κ3) is 2.46. The molecule has 0 amide bonds. The topological polar surface area (TPSA) is 29.9 Å². The number of hydrogen-bond donors (Lipinski definition) is 1. The standard InChI is InChI=1S/C13H23N3/c1-4-11-9-16-7-5-6-14-12(8-10(2)3)13(16)15-11/h9-10,12,14H,4-8H2,1-3H3. The highest BCUT2D eigenvalue weighted by atomic mass is 15.1. The zero-order valence-corrected chi connectivity index (χ0v) is 10.7. The van der Waals surface area contributed by atoms with E-state index in [4.69, 9.17) is 4.98 Å². The van der Waals surface area contributed by atoms with E-state index in [0.29, 0.717) is 12.0 Å². The molecule has 90 valence electrons. The van der Waals surface area contributed by atoms with Crippen molar-refractivity contribution in [3.05, 3.63) is 17.7 Å². The molecule has 1 aromatic heterocycles. The first kappa shape index (κ1) is 11.6. The van der Waals surface area contributed by atoms with Gasteiger partial charge in [-0.05, 0) is 31.7 Å². The first-order chi connectivity index (χ1) is 7.70. The quantitative estimate of drug-likeness (QED) is 0.850. The van der Waals surface area contributed by atoms with Gasteiger partial charge in [0.05, 0.1) is 11.7 Å². The second kappa shape index (κ2) is 5.00. The van der Waals surface area contributed by atoms with Crippen molar-refractivity contribution >= 4 is 0 Å². The molecular formula is C13H23N3. The van der Waals surface area contributed by atoms with Gasteiger partial charge in [-0.3, -0.25) is 0 Å². The normalized spacial score (nSPS) is 20.9. The molecule has 0 saturated carbocycles. The van der Waals surface area contributed by atoms with Crippen molar-refractivity contribution in [3.8, 4) is 0 Å². The molecule has 0 aliphatic carbocycles. The van der Waals surface area contributed by atoms with E-state index in [1.165, 1.54) is 24.4 Å². The number of aromatic nitrogens is 2. The molecule has 0 radical (unpaired) electrons. The molecule has 2 rings (SSSR count). The van der Waals surface area contributed by atoms with Crippen molar-refractivity contribution in [3.63, 3.8) is 0 Å². The van der Waals surface area contributed by atoms with Crippen molar-refractivity contribution in [2.24, 2.45) is 5.92 Å². The average Bonchev–Trinajstić information content (AvgIpc) is 2.57. The smallest absolute Gasteiger partial charge is 0.126 e. The number of fused-ring (bicyclic) bond motifs is 1. The zero-order chi connectivity index (χ0) is 11.5. The van der Waals surface area contributed by atoms with Gasteiger partial charge in [0.25, 0.3) is 0 Å². The molecule has 3 heteroatoms. The third-order valence-corrected chi connectivity index (χ3v) is 3.20. The van der Waals surface area contributed by atoms with Crippen LogP contribution in [0, 0.1) is 5.92 Å². The summed E-state index contributed by atoms with van der Waals surface area (Å²) in [6.07, 6.45) is 5.66. The summed E-state index contributed by atoms with van der Waals surface area (Å²) in [4.78, 5) is 4.76. The molecule has 1 unspecified atom stereocenters. The Balaban J connectivity index is 2.24. The van der Waals surface area contributed by atoms with Gasteiger partial charge in [-0.25, -0.2) is 4.98 Å². The van der Waals surface area contributed by atoms with Crippen LogP contribution in [0.2, 0.25) is 0 Å². The predicted octanol–water partition coefficient (Wildman–Crippen LogP) is 2.53. The molecule has 1 N–H and O–H groups in total. The van der Waals surface area contributed by atoms with Crippen LogP contribution in [0.3, 0.4) is 0 Å². The van der Waals surface area contributed by atoms with Crippen LogP contribution in [-0.2, 0) is 13.0 Å². The Kier molecular flexibility index (Phi) is 3.64. The van der Waals surface area contributed by atoms with Crippen LogP contribution in [0.1, 0.15) is 51.2 Å². The zero-order valence-electron chi connectivity index (χ0n) is 10.7. The lowest BCUT2D eigenvalue weighted by Crippen LogP contribution is -2.23. The highest BCUT2D eigenvalue weighted by Gasteiger charge is 2.21. The third-order valence-electron chi connectivity index (χ3n) is 3.20. The van der Waals surface area contributed by atoms with Gasteiger partial charge in [-0.15, -0.1) is 0 Å². The van der Waals surface area contributed by atoms with Crippen LogP contribution >= 0.6 is 0 Å². The maximum atomic E-state index is 4.76. The van der Waals surface area contributed by atoms with Crippen LogP contribution in [0.4, 0.5) is 0 Å². The second-order valence-corrected chi connectivity index (χ2v) is 5.13. The van der Waals surface area contributed by atoms with E-state index in [-0.39, 0.29) is 0 Å². The maximum absolute atomic E-state index is 4.76. The summed E-state index contributed by atoms with van der Waals surface area (Å²) in [7, 11) is 0. The van der Waals surface area contributed by atoms with Gasteiger partial charge in [-0.2, -0.15) is 0 Å². The highest BCUT2D eigenvalue weighted by Crippen LogP contribution is 2.23. The summed E-state index contributed by atoms with van der Waals surface area (Å²) in [6.45, 7) is 8.96. The summed E-state index contributed by atoms with van der Waals surface area (Å²) in [6, 6.07) is 0.447. The van der Waals surface area contributed by atoms with Gasteiger partial charge in [0.1, 0.15) is 5.82 Å². The summed E-state index contributed by atoms with van der Waals surface area (Å²) < 4.78 is 2.35. The van der Waals surface area contributed by atoms with E-state index in [0.717, 1.165) is 19.5 Å². The molecule has 0 spiro atoms. The monoisotopic (exact) mass is 221 g/mol. The molecule has 1 aromatic rings. The first-order valence-corrected chi connectivity index (χ1v) is 6.50. The van der Waals surface area contributed by atoms with E-state index in [1.807, 2.05) is 0 Å². The van der Waals surface area contributed by atoms with E-state index in [1.54, 1.807) is 0 Å². The molecular weight excluding hydrogens is 198 g/mol. The Morgan fingerprint density at radius 3 is 3.06 bits per heavy atom. The number of aryl methyl sites for hydroxylation is 2. The van der Waals surface area contributed by atoms with Crippen molar-refractivity contribution in [1.29, 1.82) is 0 Å². The fourth-order valence-corrected chi connectivity index (χ4v) is 2.39. The molecule has 0 aromatic carbocycles. The molecule has 16 heavy (non-hydrogen) atoms. The van der Waals surface area contributed by atoms with Gasteiger partial charge < -0.3 is 9.88 Å². The molecule has 0 saturated heterocycles. The van der Waals surface area contributed by atoms with Crippen LogP contribution in [0.15, 0.2) is 6.20 Å². The molecule has 0 bridgehead atoms. The fraction of sp³-hybridized carbons (Fsp3) is 0.769. The molecule has 2 heterocycles. The molecule has 1 atom stereocenters. The van der Waals surface area contributed by atoms with Gasteiger partial charge in [0.2, 0.25) is 0 Å². The van der Waals surface area contributed by atoms with E-state index in [2.05, 4.69) is 36.9 Å². The van der Waals surface area contributed by atoms with Gasteiger partial charge in [0.15, 0.2) is 0 Å². The van der Waals surface area contributed by atoms with Crippen LogP contribution in [0.25, 0.3) is 0 Å². The lowest BCUT2D eigenvalue weighted by molar-refractivity contribution is 0.424. The summed E-state index contributed by atoms with van der Waals surface area (Å²) in [5.74, 6) is 1.97. The Hall–Kier alpha value is -0.830. The molecule has 3 nitrogen and oxygen atoms in total. The number of rotatable bonds is 3. The average molecular weight is 221 g/mol. The summed E-state index contributed by atoms with van der Waals surface area (Å²) >= 11 is 0. The number of hydrogen-bond acceptors (Lipinski definition) is 2. The first-order valence-electron chi connectivity index (χ1n) is 6.50. The van der Waals surface area contributed by atoms with Crippen molar-refractivity contribution < 1.29 is 0 Å². The minimum absolute atomic E-state index is 0.447. The van der Waals surface area contributed by atoms with E-state index < -0.39 is 0 Å². The largest absolute Gasteiger partial charge is 0.333 e. The maximum Gasteiger partial charge on any atom is 0.126 e. The van der Waals surface area contributed by atoms with Crippen LogP contribution in [-0.4, -0.2) is 16.1 Å². The second-order valence-electron chi connectivity index (χ2n) is 5.13.